The van der Waals surface area contributed by atoms with Crippen molar-refractivity contribution in [3.8, 4) is 23.8 Å². The fourth-order valence-corrected chi connectivity index (χ4v) is 3.16. The first-order chi connectivity index (χ1) is 13.3. The molecule has 0 bridgehead atoms. The van der Waals surface area contributed by atoms with Crippen LogP contribution in [0.5, 0.6) is 11.5 Å². The number of rotatable bonds is 2. The van der Waals surface area contributed by atoms with Gasteiger partial charge in [0.2, 0.25) is 5.96 Å². The highest BCUT2D eigenvalue weighted by Gasteiger charge is 2.32. The molecule has 10 nitrogen and oxygen atoms in total. The molecule has 0 spiro atoms. The Labute approximate surface area is 161 Å². The monoisotopic (exact) mass is 378 g/mol. The molecule has 3 rings (SSSR count). The van der Waals surface area contributed by atoms with Gasteiger partial charge >= 0.3 is 0 Å². The zero-order valence-corrected chi connectivity index (χ0v) is 15.5. The summed E-state index contributed by atoms with van der Waals surface area (Å²) in [6.45, 7) is 3.69. The molecule has 1 aromatic carbocycles. The molecule has 0 amide bonds. The molecule has 1 aliphatic rings. The number of hydrogen-bond donors (Lipinski definition) is 5. The number of nitrogen functional groups attached to an aromatic ring is 2. The number of guanidine groups is 1. The Hall–Kier alpha value is -4.18. The van der Waals surface area contributed by atoms with Gasteiger partial charge in [0, 0.05) is 11.1 Å². The van der Waals surface area contributed by atoms with Crippen LogP contribution in [-0.4, -0.2) is 23.2 Å². The third-order valence-corrected chi connectivity index (χ3v) is 4.65. The highest BCUT2D eigenvalue weighted by atomic mass is 16.5. The van der Waals surface area contributed by atoms with Crippen molar-refractivity contribution in [2.75, 3.05) is 23.9 Å². The molecule has 28 heavy (non-hydrogen) atoms. The summed E-state index contributed by atoms with van der Waals surface area (Å²) in [5.74, 6) is 0.488. The second kappa shape index (κ2) is 6.85. The minimum atomic E-state index is -0.847. The van der Waals surface area contributed by atoms with Crippen LogP contribution in [0, 0.1) is 36.6 Å². The molecule has 1 aliphatic heterocycles. The highest BCUT2D eigenvalue weighted by molar-refractivity contribution is 5.98. The molecule has 0 fully saturated rings. The Morgan fingerprint density at radius 3 is 2.64 bits per heavy atom. The Bertz CT molecular complexity index is 1090. The molecule has 0 aliphatic carbocycles. The Balaban J connectivity index is 2.35. The summed E-state index contributed by atoms with van der Waals surface area (Å²) in [5, 5.41) is 34.4. The van der Waals surface area contributed by atoms with Crippen LogP contribution in [0.2, 0.25) is 0 Å². The molecule has 2 heterocycles. The predicted molar refractivity (Wildman–Crippen MR) is 104 cm³/mol. The molecule has 0 radical (unpaired) electrons. The van der Waals surface area contributed by atoms with Crippen molar-refractivity contribution >= 4 is 23.3 Å². The van der Waals surface area contributed by atoms with Crippen molar-refractivity contribution in [3.63, 3.8) is 0 Å². The molecule has 0 saturated carbocycles. The number of methoxy groups -OCH3 is 1. The molecule has 7 N–H and O–H groups in total. The van der Waals surface area contributed by atoms with Gasteiger partial charge in [0.05, 0.1) is 12.8 Å². The lowest BCUT2D eigenvalue weighted by atomic mass is 9.91. The number of hydrogen-bond acceptors (Lipinski definition) is 10. The van der Waals surface area contributed by atoms with Gasteiger partial charge in [-0.15, -0.1) is 0 Å². The number of fused-ring (bicyclic) bond motifs is 1. The van der Waals surface area contributed by atoms with Crippen molar-refractivity contribution in [1.82, 2.24) is 10.3 Å². The van der Waals surface area contributed by atoms with E-state index in [0.29, 0.717) is 16.9 Å². The number of nitrogens with zero attached hydrogens (tertiary/aromatic N) is 4. The van der Waals surface area contributed by atoms with E-state index in [1.54, 1.807) is 12.3 Å². The number of anilines is 3. The zero-order chi connectivity index (χ0) is 20.6. The van der Waals surface area contributed by atoms with Gasteiger partial charge in [0.15, 0.2) is 17.7 Å². The SMILES string of the molecule is COc1c(C)c(C)cc(C2N=C(NC#N)Nc3nc(N)c(C#N)c(N)c32)c1O. The Kier molecular flexibility index (Phi) is 4.55. The average molecular weight is 378 g/mol. The number of pyridine rings is 1. The molecule has 1 atom stereocenters. The number of benzene rings is 1. The first-order valence-corrected chi connectivity index (χ1v) is 8.19. The maximum atomic E-state index is 10.8. The van der Waals surface area contributed by atoms with Gasteiger partial charge in [-0.3, -0.25) is 5.32 Å². The third-order valence-electron chi connectivity index (χ3n) is 4.65. The zero-order valence-electron chi connectivity index (χ0n) is 15.5. The fraction of sp³-hybridized carbons (Fsp3) is 0.222. The largest absolute Gasteiger partial charge is 0.504 e. The highest BCUT2D eigenvalue weighted by Crippen LogP contribution is 2.46. The molecule has 10 heteroatoms. The number of aromatic hydroxyl groups is 1. The summed E-state index contributed by atoms with van der Waals surface area (Å²) in [7, 11) is 1.46. The van der Waals surface area contributed by atoms with Gasteiger partial charge in [0.1, 0.15) is 29.3 Å². The van der Waals surface area contributed by atoms with Crippen LogP contribution in [0.3, 0.4) is 0 Å². The topological polar surface area (TPSA) is 178 Å². The molecular weight excluding hydrogens is 360 g/mol. The number of nitrogens with two attached hydrogens (primary N) is 2. The molecule has 142 valence electrons. The summed E-state index contributed by atoms with van der Waals surface area (Å²) in [6.07, 6.45) is 1.78. The van der Waals surface area contributed by atoms with Crippen molar-refractivity contribution in [1.29, 1.82) is 10.5 Å². The van der Waals surface area contributed by atoms with Crippen molar-refractivity contribution < 1.29 is 9.84 Å². The van der Waals surface area contributed by atoms with Crippen LogP contribution in [0.4, 0.5) is 17.3 Å². The summed E-state index contributed by atoms with van der Waals surface area (Å²) in [4.78, 5) is 8.63. The summed E-state index contributed by atoms with van der Waals surface area (Å²) in [5.41, 5.74) is 14.5. The minimum Gasteiger partial charge on any atom is -0.504 e. The number of aryl methyl sites for hydroxylation is 1. The maximum absolute atomic E-state index is 10.8. The van der Waals surface area contributed by atoms with E-state index in [1.165, 1.54) is 7.11 Å². The lowest BCUT2D eigenvalue weighted by molar-refractivity contribution is 0.366. The van der Waals surface area contributed by atoms with Crippen molar-refractivity contribution in [2.45, 2.75) is 19.9 Å². The van der Waals surface area contributed by atoms with Gasteiger partial charge in [-0.2, -0.15) is 10.5 Å². The van der Waals surface area contributed by atoms with E-state index in [0.717, 1.165) is 11.1 Å². The van der Waals surface area contributed by atoms with E-state index in [4.69, 9.17) is 21.5 Å². The van der Waals surface area contributed by atoms with E-state index in [9.17, 15) is 10.4 Å². The second-order valence-electron chi connectivity index (χ2n) is 6.19. The van der Waals surface area contributed by atoms with E-state index in [2.05, 4.69) is 20.6 Å². The normalized spacial score (nSPS) is 14.8. The first-order valence-electron chi connectivity index (χ1n) is 8.19. The standard InChI is InChI=1S/C18H18N8O2/c1-7-4-9(14(27)15(28-3)8(7)2)13-11-12(21)10(5-19)16(22)25-17(11)26-18(24-13)23-6-20/h4,13,27H,1-3H3,(H6,21,22,23,24,25,26). The maximum Gasteiger partial charge on any atom is 0.211 e. The van der Waals surface area contributed by atoms with Crippen LogP contribution in [-0.2, 0) is 0 Å². The van der Waals surface area contributed by atoms with E-state index < -0.39 is 6.04 Å². The Morgan fingerprint density at radius 1 is 1.32 bits per heavy atom. The van der Waals surface area contributed by atoms with Crippen molar-refractivity contribution in [2.24, 2.45) is 4.99 Å². The molecule has 0 saturated heterocycles. The lowest BCUT2D eigenvalue weighted by Crippen LogP contribution is -2.32. The van der Waals surface area contributed by atoms with Gasteiger partial charge in [-0.1, -0.05) is 0 Å². The lowest BCUT2D eigenvalue weighted by Gasteiger charge is -2.27. The number of nitriles is 2. The van der Waals surface area contributed by atoms with Crippen LogP contribution in [0.25, 0.3) is 0 Å². The van der Waals surface area contributed by atoms with Crippen LogP contribution >= 0.6 is 0 Å². The summed E-state index contributed by atoms with van der Waals surface area (Å²) >= 11 is 0. The first kappa shape index (κ1) is 18.6. The van der Waals surface area contributed by atoms with Crippen LogP contribution in [0.15, 0.2) is 11.1 Å². The smallest absolute Gasteiger partial charge is 0.211 e. The third kappa shape index (κ3) is 2.73. The second-order valence-corrected chi connectivity index (χ2v) is 6.19. The molecule has 2 aromatic rings. The number of nitrogens with one attached hydrogen (secondary N) is 2. The number of phenols is 1. The number of ether oxygens (including phenoxy) is 1. The fourth-order valence-electron chi connectivity index (χ4n) is 3.16. The van der Waals surface area contributed by atoms with Gasteiger partial charge in [-0.05, 0) is 31.0 Å². The van der Waals surface area contributed by atoms with E-state index in [-0.39, 0.29) is 34.6 Å². The Morgan fingerprint density at radius 2 is 2.04 bits per heavy atom. The molecule has 1 unspecified atom stereocenters. The van der Waals surface area contributed by atoms with E-state index >= 15 is 0 Å². The van der Waals surface area contributed by atoms with Crippen LogP contribution in [0.1, 0.15) is 33.9 Å². The number of phenolic OH excluding ortho intramolecular Hbond substituents is 1. The summed E-state index contributed by atoms with van der Waals surface area (Å²) < 4.78 is 5.34. The van der Waals surface area contributed by atoms with Crippen molar-refractivity contribution in [3.05, 3.63) is 33.9 Å². The van der Waals surface area contributed by atoms with Gasteiger partial charge < -0.3 is 26.6 Å². The van der Waals surface area contributed by atoms with Gasteiger partial charge in [0.25, 0.3) is 0 Å². The van der Waals surface area contributed by atoms with E-state index in [1.807, 2.05) is 19.9 Å². The van der Waals surface area contributed by atoms with Crippen LogP contribution < -0.4 is 26.8 Å². The predicted octanol–water partition coefficient (Wildman–Crippen LogP) is 1.39. The number of aromatic nitrogens is 1. The quantitative estimate of drug-likeness (QED) is 0.381. The summed E-state index contributed by atoms with van der Waals surface area (Å²) in [6, 6.07) is 2.84. The van der Waals surface area contributed by atoms with Gasteiger partial charge in [-0.25, -0.2) is 9.98 Å². The minimum absolute atomic E-state index is 0.0210. The molecular formula is C18H18N8O2. The average Bonchev–Trinajstić information content (AvgIpc) is 2.65. The molecule has 1 aromatic heterocycles. The number of aliphatic imine (C=N–C) groups is 1.